The Morgan fingerprint density at radius 3 is 1.91 bits per heavy atom. The summed E-state index contributed by atoms with van der Waals surface area (Å²) < 4.78 is 6.63. The number of hydrogen-bond donors (Lipinski definition) is 0. The zero-order valence-electron chi connectivity index (χ0n) is 32.1. The molecule has 0 unspecified atom stereocenters. The molecule has 0 spiro atoms. The fourth-order valence-electron chi connectivity index (χ4n) is 8.60. The van der Waals surface area contributed by atoms with Crippen molar-refractivity contribution in [3.8, 4) is 22.3 Å². The van der Waals surface area contributed by atoms with Crippen molar-refractivity contribution < 1.29 is 4.42 Å². The molecule has 0 radical (unpaired) electrons. The fourth-order valence-corrected chi connectivity index (χ4v) is 8.60. The zero-order chi connectivity index (χ0) is 36.9. The van der Waals surface area contributed by atoms with Gasteiger partial charge in [0.25, 0.3) is 0 Å². The van der Waals surface area contributed by atoms with Crippen LogP contribution in [0.5, 0.6) is 0 Å². The Kier molecular flexibility index (Phi) is 7.34. The van der Waals surface area contributed by atoms with Gasteiger partial charge in [0.1, 0.15) is 11.2 Å². The normalized spacial score (nSPS) is 13.8. The van der Waals surface area contributed by atoms with E-state index in [1.807, 2.05) is 0 Å². The second-order valence-corrected chi connectivity index (χ2v) is 17.5. The highest BCUT2D eigenvalue weighted by molar-refractivity contribution is 6.11. The summed E-state index contributed by atoms with van der Waals surface area (Å²) in [6.07, 6.45) is 0. The molecule has 7 aromatic carbocycles. The Bertz CT molecular complexity index is 2710. The van der Waals surface area contributed by atoms with Crippen molar-refractivity contribution in [1.82, 2.24) is 0 Å². The average molecular weight is 690 g/mol. The number of furan rings is 1. The van der Waals surface area contributed by atoms with Crippen LogP contribution in [0, 0.1) is 0 Å². The van der Waals surface area contributed by atoms with Crippen molar-refractivity contribution in [3.05, 3.63) is 162 Å². The van der Waals surface area contributed by atoms with Crippen molar-refractivity contribution in [1.29, 1.82) is 0 Å². The number of benzene rings is 7. The predicted octanol–water partition coefficient (Wildman–Crippen LogP) is 14.8. The van der Waals surface area contributed by atoms with Crippen LogP contribution >= 0.6 is 0 Å². The molecule has 1 aliphatic carbocycles. The first kappa shape index (κ1) is 33.3. The maximum absolute atomic E-state index is 6.63. The van der Waals surface area contributed by atoms with Crippen molar-refractivity contribution in [2.75, 3.05) is 4.90 Å². The third kappa shape index (κ3) is 5.30. The highest BCUT2D eigenvalue weighted by Gasteiger charge is 2.37. The Hall–Kier alpha value is -5.60. The number of nitrogens with zero attached hydrogens (tertiary/aromatic N) is 1. The minimum absolute atomic E-state index is 0.0430. The summed E-state index contributed by atoms with van der Waals surface area (Å²) in [5.74, 6) is 0. The molecular weight excluding hydrogens is 643 g/mol. The Morgan fingerprint density at radius 2 is 1.13 bits per heavy atom. The molecule has 9 rings (SSSR count). The lowest BCUT2D eigenvalue weighted by Gasteiger charge is -2.30. The van der Waals surface area contributed by atoms with E-state index in [1.54, 1.807) is 0 Å². The largest absolute Gasteiger partial charge is 0.456 e. The van der Waals surface area contributed by atoms with Crippen LogP contribution in [0.1, 0.15) is 77.6 Å². The van der Waals surface area contributed by atoms with E-state index < -0.39 is 0 Å². The fraction of sp³-hybridized carbons (Fsp3) is 0.216. The van der Waals surface area contributed by atoms with Gasteiger partial charge in [-0.2, -0.15) is 0 Å². The number of rotatable bonds is 4. The van der Waals surface area contributed by atoms with Crippen LogP contribution < -0.4 is 4.90 Å². The Balaban J connectivity index is 1.33. The highest BCUT2D eigenvalue weighted by Crippen LogP contribution is 2.55. The molecule has 262 valence electrons. The van der Waals surface area contributed by atoms with Crippen LogP contribution in [-0.4, -0.2) is 0 Å². The lowest BCUT2D eigenvalue weighted by Crippen LogP contribution is -2.15. The van der Waals surface area contributed by atoms with Gasteiger partial charge in [-0.15, -0.1) is 0 Å². The van der Waals surface area contributed by atoms with E-state index in [4.69, 9.17) is 4.42 Å². The molecule has 0 atom stereocenters. The molecule has 53 heavy (non-hydrogen) atoms. The molecule has 0 aliphatic heterocycles. The van der Waals surface area contributed by atoms with Gasteiger partial charge in [0.2, 0.25) is 0 Å². The summed E-state index contributed by atoms with van der Waals surface area (Å²) in [4.78, 5) is 2.44. The molecule has 1 heterocycles. The third-order valence-corrected chi connectivity index (χ3v) is 11.6. The molecule has 1 aliphatic rings. The molecule has 0 bridgehead atoms. The van der Waals surface area contributed by atoms with Crippen LogP contribution in [0.4, 0.5) is 17.1 Å². The average Bonchev–Trinajstić information content (AvgIpc) is 3.62. The van der Waals surface area contributed by atoms with Crippen LogP contribution in [-0.2, 0) is 16.2 Å². The van der Waals surface area contributed by atoms with Crippen LogP contribution in [0.15, 0.2) is 144 Å². The highest BCUT2D eigenvalue weighted by atomic mass is 16.3. The molecule has 0 amide bonds. The molecule has 2 nitrogen and oxygen atoms in total. The van der Waals surface area contributed by atoms with Gasteiger partial charge in [0.05, 0.1) is 5.69 Å². The maximum Gasteiger partial charge on any atom is 0.137 e. The SMILES string of the molecule is CC(C)(C)c1ccc(N(c2ccc3c(c2)oc2ccc(C(C)(C)C)cc23)c2ccc3ccccc3c2-c2cccc3c2-c2ccccc2C3(C)C)cc1. The van der Waals surface area contributed by atoms with E-state index in [2.05, 4.69) is 200 Å². The number of anilines is 3. The predicted molar refractivity (Wildman–Crippen MR) is 226 cm³/mol. The number of fused-ring (bicyclic) bond motifs is 7. The van der Waals surface area contributed by atoms with E-state index in [0.29, 0.717) is 0 Å². The lowest BCUT2D eigenvalue weighted by molar-refractivity contribution is 0.590. The summed E-state index contributed by atoms with van der Waals surface area (Å²) in [5, 5.41) is 4.75. The zero-order valence-corrected chi connectivity index (χ0v) is 32.1. The van der Waals surface area contributed by atoms with E-state index in [-0.39, 0.29) is 16.2 Å². The quantitative estimate of drug-likeness (QED) is 0.183. The van der Waals surface area contributed by atoms with Gasteiger partial charge in [0, 0.05) is 39.2 Å². The van der Waals surface area contributed by atoms with Crippen LogP contribution in [0.3, 0.4) is 0 Å². The first-order chi connectivity index (χ1) is 25.3. The van der Waals surface area contributed by atoms with Crippen molar-refractivity contribution in [2.45, 2.75) is 71.6 Å². The molecule has 0 saturated carbocycles. The molecule has 8 aromatic rings. The van der Waals surface area contributed by atoms with E-state index in [1.165, 1.54) is 55.3 Å². The van der Waals surface area contributed by atoms with Gasteiger partial charge in [-0.1, -0.05) is 146 Å². The van der Waals surface area contributed by atoms with Crippen molar-refractivity contribution in [3.63, 3.8) is 0 Å². The topological polar surface area (TPSA) is 16.4 Å². The second kappa shape index (κ2) is 11.7. The molecular formula is C51H47NO. The van der Waals surface area contributed by atoms with Gasteiger partial charge in [-0.05, 0) is 103 Å². The molecule has 1 aromatic heterocycles. The van der Waals surface area contributed by atoms with Gasteiger partial charge < -0.3 is 9.32 Å². The van der Waals surface area contributed by atoms with Crippen molar-refractivity contribution >= 4 is 49.8 Å². The second-order valence-electron chi connectivity index (χ2n) is 17.5. The molecule has 0 N–H and O–H groups in total. The summed E-state index contributed by atoms with van der Waals surface area (Å²) >= 11 is 0. The Labute approximate surface area is 313 Å². The first-order valence-corrected chi connectivity index (χ1v) is 18.9. The van der Waals surface area contributed by atoms with E-state index in [9.17, 15) is 0 Å². The third-order valence-electron chi connectivity index (χ3n) is 11.6. The maximum atomic E-state index is 6.63. The van der Waals surface area contributed by atoms with Gasteiger partial charge in [0.15, 0.2) is 0 Å². The molecule has 0 fully saturated rings. The standard InChI is InChI=1S/C51H47NO/c1-49(2,3)33-21-24-35(25-22-33)52(36-26-27-38-41-30-34(50(4,5)6)23-29-45(41)53-46(38)31-36)44-28-20-32-14-9-10-15-37(32)48(44)40-17-13-19-43-47(40)39-16-11-12-18-42(39)51(43,7)8/h9-31H,1-8H3. The summed E-state index contributed by atoms with van der Waals surface area (Å²) in [6.45, 7) is 18.3. The summed E-state index contributed by atoms with van der Waals surface area (Å²) in [5.41, 5.74) is 15.6. The van der Waals surface area contributed by atoms with Gasteiger partial charge in [-0.3, -0.25) is 0 Å². The van der Waals surface area contributed by atoms with E-state index >= 15 is 0 Å². The van der Waals surface area contributed by atoms with Crippen LogP contribution in [0.2, 0.25) is 0 Å². The Morgan fingerprint density at radius 1 is 0.472 bits per heavy atom. The van der Waals surface area contributed by atoms with Crippen molar-refractivity contribution in [2.24, 2.45) is 0 Å². The van der Waals surface area contributed by atoms with Crippen LogP contribution in [0.25, 0.3) is 55.0 Å². The lowest BCUT2D eigenvalue weighted by atomic mass is 9.81. The van der Waals surface area contributed by atoms with E-state index in [0.717, 1.165) is 39.0 Å². The van der Waals surface area contributed by atoms with Gasteiger partial charge in [-0.25, -0.2) is 0 Å². The number of hydrogen-bond acceptors (Lipinski definition) is 2. The molecule has 0 saturated heterocycles. The van der Waals surface area contributed by atoms with Gasteiger partial charge >= 0.3 is 0 Å². The first-order valence-electron chi connectivity index (χ1n) is 18.9. The monoisotopic (exact) mass is 689 g/mol. The minimum atomic E-state index is -0.103. The molecule has 2 heteroatoms. The smallest absolute Gasteiger partial charge is 0.137 e. The summed E-state index contributed by atoms with van der Waals surface area (Å²) in [7, 11) is 0. The minimum Gasteiger partial charge on any atom is -0.456 e. The summed E-state index contributed by atoms with van der Waals surface area (Å²) in [6, 6.07) is 51.8.